The standard InChI is InChI=1S/C21H29N3O2/c1-4-22-20(25)21(11-8-12-24(15-21)16(2)3)14-18-13-19(23-26-18)17-9-6-5-7-10-17/h5-7,9-10,13,16H,4,8,11-12,14-15H2,1-3H3,(H,22,25)/t21-/m0/s1. The van der Waals surface area contributed by atoms with E-state index in [0.29, 0.717) is 19.0 Å². The molecule has 1 aromatic heterocycles. The number of carbonyl (C=O) groups excluding carboxylic acids is 1. The van der Waals surface area contributed by atoms with E-state index in [1.165, 1.54) is 0 Å². The molecule has 1 N–H and O–H groups in total. The first kappa shape index (κ1) is 18.6. The van der Waals surface area contributed by atoms with Gasteiger partial charge in [-0.25, -0.2) is 0 Å². The molecule has 5 heteroatoms. The van der Waals surface area contributed by atoms with Gasteiger partial charge in [0, 0.05) is 37.2 Å². The van der Waals surface area contributed by atoms with Gasteiger partial charge in [0.05, 0.1) is 5.41 Å². The van der Waals surface area contributed by atoms with Crippen LogP contribution >= 0.6 is 0 Å². The molecule has 1 saturated heterocycles. The maximum absolute atomic E-state index is 13.0. The number of carbonyl (C=O) groups is 1. The number of piperidine rings is 1. The maximum atomic E-state index is 13.0. The minimum atomic E-state index is -0.452. The highest BCUT2D eigenvalue weighted by Gasteiger charge is 2.43. The molecule has 2 heterocycles. The van der Waals surface area contributed by atoms with Crippen molar-refractivity contribution >= 4 is 5.91 Å². The lowest BCUT2D eigenvalue weighted by Gasteiger charge is -2.43. The molecule has 0 radical (unpaired) electrons. The van der Waals surface area contributed by atoms with E-state index < -0.39 is 5.41 Å². The molecular weight excluding hydrogens is 326 g/mol. The van der Waals surface area contributed by atoms with Crippen molar-refractivity contribution in [1.29, 1.82) is 0 Å². The maximum Gasteiger partial charge on any atom is 0.227 e. The van der Waals surface area contributed by atoms with Gasteiger partial charge in [0.15, 0.2) is 0 Å². The first-order valence-corrected chi connectivity index (χ1v) is 9.57. The average molecular weight is 355 g/mol. The summed E-state index contributed by atoms with van der Waals surface area (Å²) in [7, 11) is 0. The van der Waals surface area contributed by atoms with Gasteiger partial charge in [-0.2, -0.15) is 0 Å². The van der Waals surface area contributed by atoms with Gasteiger partial charge >= 0.3 is 0 Å². The lowest BCUT2D eigenvalue weighted by Crippen LogP contribution is -2.54. The minimum absolute atomic E-state index is 0.128. The van der Waals surface area contributed by atoms with Crippen LogP contribution in [0.5, 0.6) is 0 Å². The van der Waals surface area contributed by atoms with E-state index in [4.69, 9.17) is 4.52 Å². The molecule has 1 amide bonds. The van der Waals surface area contributed by atoms with Gasteiger partial charge in [0.2, 0.25) is 5.91 Å². The first-order chi connectivity index (χ1) is 12.5. The number of hydrogen-bond acceptors (Lipinski definition) is 4. The molecule has 0 unspecified atom stereocenters. The van der Waals surface area contributed by atoms with E-state index in [1.807, 2.05) is 43.3 Å². The number of aromatic nitrogens is 1. The topological polar surface area (TPSA) is 58.4 Å². The molecular formula is C21H29N3O2. The highest BCUT2D eigenvalue weighted by atomic mass is 16.5. The highest BCUT2D eigenvalue weighted by Crippen LogP contribution is 2.36. The van der Waals surface area contributed by atoms with Gasteiger partial charge in [-0.3, -0.25) is 9.69 Å². The van der Waals surface area contributed by atoms with Gasteiger partial charge in [0.25, 0.3) is 0 Å². The van der Waals surface area contributed by atoms with Crippen molar-refractivity contribution < 1.29 is 9.32 Å². The highest BCUT2D eigenvalue weighted by molar-refractivity contribution is 5.83. The molecule has 1 fully saturated rings. The molecule has 0 spiro atoms. The molecule has 3 rings (SSSR count). The number of amides is 1. The Morgan fingerprint density at radius 1 is 1.35 bits per heavy atom. The second-order valence-corrected chi connectivity index (χ2v) is 7.53. The Kier molecular flexibility index (Phi) is 5.77. The van der Waals surface area contributed by atoms with Crippen molar-refractivity contribution in [3.63, 3.8) is 0 Å². The Labute approximate surface area is 155 Å². The molecule has 2 aromatic rings. The summed E-state index contributed by atoms with van der Waals surface area (Å²) >= 11 is 0. The van der Waals surface area contributed by atoms with Crippen molar-refractivity contribution in [1.82, 2.24) is 15.4 Å². The normalized spacial score (nSPS) is 21.1. The van der Waals surface area contributed by atoms with Crippen LogP contribution in [0, 0.1) is 5.41 Å². The van der Waals surface area contributed by atoms with Crippen LogP contribution in [0.2, 0.25) is 0 Å². The van der Waals surface area contributed by atoms with Gasteiger partial charge in [-0.1, -0.05) is 35.5 Å². The van der Waals surface area contributed by atoms with Crippen LogP contribution in [0.25, 0.3) is 11.3 Å². The van der Waals surface area contributed by atoms with Gasteiger partial charge in [0.1, 0.15) is 11.5 Å². The fourth-order valence-corrected chi connectivity index (χ4v) is 3.84. The summed E-state index contributed by atoms with van der Waals surface area (Å²) in [5, 5.41) is 7.27. The molecule has 0 bridgehead atoms. The van der Waals surface area contributed by atoms with Crippen molar-refractivity contribution in [3.05, 3.63) is 42.2 Å². The Morgan fingerprint density at radius 3 is 2.81 bits per heavy atom. The second kappa shape index (κ2) is 8.04. The second-order valence-electron chi connectivity index (χ2n) is 7.53. The Hall–Kier alpha value is -2.14. The number of likely N-dealkylation sites (tertiary alicyclic amines) is 1. The molecule has 0 aliphatic carbocycles. The third-order valence-corrected chi connectivity index (χ3v) is 5.30. The van der Waals surface area contributed by atoms with Crippen LogP contribution < -0.4 is 5.32 Å². The lowest BCUT2D eigenvalue weighted by molar-refractivity contribution is -0.135. The Balaban J connectivity index is 1.84. The van der Waals surface area contributed by atoms with E-state index in [0.717, 1.165) is 42.9 Å². The van der Waals surface area contributed by atoms with Gasteiger partial charge < -0.3 is 9.84 Å². The summed E-state index contributed by atoms with van der Waals surface area (Å²) in [5.74, 6) is 0.906. The number of nitrogens with zero attached hydrogens (tertiary/aromatic N) is 2. The number of hydrogen-bond donors (Lipinski definition) is 1. The van der Waals surface area contributed by atoms with Gasteiger partial charge in [-0.05, 0) is 40.2 Å². The molecule has 140 valence electrons. The van der Waals surface area contributed by atoms with Crippen molar-refractivity contribution in [2.24, 2.45) is 5.41 Å². The predicted molar refractivity (Wildman–Crippen MR) is 103 cm³/mol. The fourth-order valence-electron chi connectivity index (χ4n) is 3.84. The zero-order valence-electron chi connectivity index (χ0n) is 16.0. The number of nitrogens with one attached hydrogen (secondary N) is 1. The smallest absolute Gasteiger partial charge is 0.227 e. The zero-order valence-corrected chi connectivity index (χ0v) is 16.0. The molecule has 1 aliphatic rings. The van der Waals surface area contributed by atoms with Crippen LogP contribution in [0.4, 0.5) is 0 Å². The average Bonchev–Trinajstić information content (AvgIpc) is 3.11. The Bertz CT molecular complexity index is 726. The molecule has 1 atom stereocenters. The summed E-state index contributed by atoms with van der Waals surface area (Å²) in [4.78, 5) is 15.4. The molecule has 5 nitrogen and oxygen atoms in total. The third-order valence-electron chi connectivity index (χ3n) is 5.30. The molecule has 1 aliphatic heterocycles. The molecule has 0 saturated carbocycles. The van der Waals surface area contributed by atoms with Crippen LogP contribution in [0.1, 0.15) is 39.4 Å². The molecule has 1 aromatic carbocycles. The van der Waals surface area contributed by atoms with E-state index in [-0.39, 0.29) is 5.91 Å². The summed E-state index contributed by atoms with van der Waals surface area (Å²) in [6.45, 7) is 8.80. The first-order valence-electron chi connectivity index (χ1n) is 9.57. The number of benzene rings is 1. The third kappa shape index (κ3) is 3.98. The fraction of sp³-hybridized carbons (Fsp3) is 0.524. The summed E-state index contributed by atoms with van der Waals surface area (Å²) in [6.07, 6.45) is 2.49. The molecule has 26 heavy (non-hydrogen) atoms. The summed E-state index contributed by atoms with van der Waals surface area (Å²) in [6, 6.07) is 12.4. The van der Waals surface area contributed by atoms with Crippen LogP contribution in [-0.4, -0.2) is 41.6 Å². The van der Waals surface area contributed by atoms with E-state index >= 15 is 0 Å². The SMILES string of the molecule is CCNC(=O)[C@]1(Cc2cc(-c3ccccc3)no2)CCCN(C(C)C)C1. The zero-order chi connectivity index (χ0) is 18.6. The van der Waals surface area contributed by atoms with E-state index in [9.17, 15) is 4.79 Å². The van der Waals surface area contributed by atoms with Crippen LogP contribution in [-0.2, 0) is 11.2 Å². The van der Waals surface area contributed by atoms with Crippen molar-refractivity contribution in [3.8, 4) is 11.3 Å². The van der Waals surface area contributed by atoms with E-state index in [1.54, 1.807) is 0 Å². The van der Waals surface area contributed by atoms with Crippen LogP contribution in [0.3, 0.4) is 0 Å². The van der Waals surface area contributed by atoms with Crippen LogP contribution in [0.15, 0.2) is 40.9 Å². The quantitative estimate of drug-likeness (QED) is 0.861. The minimum Gasteiger partial charge on any atom is -0.361 e. The predicted octanol–water partition coefficient (Wildman–Crippen LogP) is 3.51. The van der Waals surface area contributed by atoms with Crippen molar-refractivity contribution in [2.75, 3.05) is 19.6 Å². The van der Waals surface area contributed by atoms with Gasteiger partial charge in [-0.15, -0.1) is 0 Å². The summed E-state index contributed by atoms with van der Waals surface area (Å²) in [5.41, 5.74) is 1.40. The monoisotopic (exact) mass is 355 g/mol. The summed E-state index contributed by atoms with van der Waals surface area (Å²) < 4.78 is 5.62. The van der Waals surface area contributed by atoms with Crippen molar-refractivity contribution in [2.45, 2.75) is 46.1 Å². The van der Waals surface area contributed by atoms with E-state index in [2.05, 4.69) is 29.2 Å². The Morgan fingerprint density at radius 2 is 2.12 bits per heavy atom. The largest absolute Gasteiger partial charge is 0.361 e. The lowest BCUT2D eigenvalue weighted by atomic mass is 9.75. The number of rotatable bonds is 6.